The maximum absolute atomic E-state index is 13.2. The van der Waals surface area contributed by atoms with Crippen molar-refractivity contribution in [2.24, 2.45) is 5.92 Å². The number of hydrogen-bond acceptors (Lipinski definition) is 8. The molecule has 0 saturated carbocycles. The van der Waals surface area contributed by atoms with E-state index < -0.39 is 16.1 Å². The number of aryl methyl sites for hydroxylation is 1. The predicted molar refractivity (Wildman–Crippen MR) is 126 cm³/mol. The SMILES string of the molecule is C[C@H]1CN([C@@H](C)CO)C(=O)CCCn2cc(nn2)CO[C@@H]1CN(C)S(=O)(=O)c1cccc(C#N)c1. The lowest BCUT2D eigenvalue weighted by Gasteiger charge is -2.35. The Balaban J connectivity index is 1.87. The van der Waals surface area contributed by atoms with Gasteiger partial charge in [0.15, 0.2) is 0 Å². The first kappa shape index (κ1) is 26.7. The van der Waals surface area contributed by atoms with Crippen molar-refractivity contribution < 1.29 is 23.1 Å². The number of amides is 1. The van der Waals surface area contributed by atoms with Crippen LogP contribution in [0.3, 0.4) is 0 Å². The second-order valence-electron chi connectivity index (χ2n) is 8.91. The Bertz CT molecular complexity index is 1160. The van der Waals surface area contributed by atoms with Crippen molar-refractivity contribution in [1.29, 1.82) is 5.26 Å². The van der Waals surface area contributed by atoms with E-state index >= 15 is 0 Å². The first-order chi connectivity index (χ1) is 16.6. The number of carbonyl (C=O) groups is 1. The van der Waals surface area contributed by atoms with Gasteiger partial charge in [0, 0.05) is 39.0 Å². The summed E-state index contributed by atoms with van der Waals surface area (Å²) in [6, 6.07) is 7.42. The molecule has 0 aliphatic carbocycles. The molecule has 0 unspecified atom stereocenters. The second kappa shape index (κ2) is 11.7. The van der Waals surface area contributed by atoms with Crippen LogP contribution >= 0.6 is 0 Å². The molecule has 190 valence electrons. The summed E-state index contributed by atoms with van der Waals surface area (Å²) in [7, 11) is -2.43. The molecule has 1 aliphatic heterocycles. The zero-order chi connectivity index (χ0) is 25.6. The predicted octanol–water partition coefficient (Wildman–Crippen LogP) is 0.995. The van der Waals surface area contributed by atoms with Crippen molar-refractivity contribution in [2.45, 2.75) is 56.9 Å². The van der Waals surface area contributed by atoms with Crippen LogP contribution in [0, 0.1) is 17.2 Å². The van der Waals surface area contributed by atoms with Gasteiger partial charge in [-0.3, -0.25) is 9.48 Å². The summed E-state index contributed by atoms with van der Waals surface area (Å²) in [5.74, 6) is -0.349. The van der Waals surface area contributed by atoms with Crippen LogP contribution in [-0.2, 0) is 32.7 Å². The summed E-state index contributed by atoms with van der Waals surface area (Å²) in [6.45, 7) is 4.47. The van der Waals surface area contributed by atoms with Gasteiger partial charge in [0.25, 0.3) is 0 Å². The maximum Gasteiger partial charge on any atom is 0.242 e. The van der Waals surface area contributed by atoms with E-state index in [9.17, 15) is 18.3 Å². The van der Waals surface area contributed by atoms with Crippen LogP contribution in [0.1, 0.15) is 37.9 Å². The highest BCUT2D eigenvalue weighted by Crippen LogP contribution is 2.21. The second-order valence-corrected chi connectivity index (χ2v) is 11.0. The van der Waals surface area contributed by atoms with Gasteiger partial charge in [-0.05, 0) is 31.5 Å². The van der Waals surface area contributed by atoms with Crippen LogP contribution < -0.4 is 0 Å². The molecule has 35 heavy (non-hydrogen) atoms. The summed E-state index contributed by atoms with van der Waals surface area (Å²) >= 11 is 0. The maximum atomic E-state index is 13.2. The first-order valence-electron chi connectivity index (χ1n) is 11.5. The topological polar surface area (TPSA) is 142 Å². The number of benzene rings is 1. The van der Waals surface area contributed by atoms with Gasteiger partial charge in [-0.2, -0.15) is 9.57 Å². The summed E-state index contributed by atoms with van der Waals surface area (Å²) in [5.41, 5.74) is 0.863. The summed E-state index contributed by atoms with van der Waals surface area (Å²) < 4.78 is 35.4. The van der Waals surface area contributed by atoms with Gasteiger partial charge in [0.2, 0.25) is 15.9 Å². The van der Waals surface area contributed by atoms with Gasteiger partial charge in [0.1, 0.15) is 5.69 Å². The number of aromatic nitrogens is 3. The molecule has 3 atom stereocenters. The third-order valence-electron chi connectivity index (χ3n) is 6.15. The van der Waals surface area contributed by atoms with E-state index in [0.717, 1.165) is 0 Å². The number of fused-ring (bicyclic) bond motifs is 2. The number of sulfonamides is 1. The van der Waals surface area contributed by atoms with E-state index in [0.29, 0.717) is 31.6 Å². The monoisotopic (exact) mass is 504 g/mol. The van der Waals surface area contributed by atoms with E-state index in [2.05, 4.69) is 10.3 Å². The highest BCUT2D eigenvalue weighted by Gasteiger charge is 2.31. The average molecular weight is 505 g/mol. The first-order valence-corrected chi connectivity index (χ1v) is 13.0. The number of nitriles is 1. The molecular formula is C23H32N6O5S. The summed E-state index contributed by atoms with van der Waals surface area (Å²) in [6.07, 6.45) is 2.05. The highest BCUT2D eigenvalue weighted by atomic mass is 32.2. The average Bonchev–Trinajstić information content (AvgIpc) is 3.31. The van der Waals surface area contributed by atoms with Gasteiger partial charge in [-0.25, -0.2) is 8.42 Å². The smallest absolute Gasteiger partial charge is 0.242 e. The Hall–Kier alpha value is -2.85. The molecule has 2 heterocycles. The lowest BCUT2D eigenvalue weighted by molar-refractivity contribution is -0.136. The van der Waals surface area contributed by atoms with Crippen LogP contribution in [-0.4, -0.2) is 82.5 Å². The molecule has 1 N–H and O–H groups in total. The van der Waals surface area contributed by atoms with Crippen molar-refractivity contribution in [3.8, 4) is 6.07 Å². The van der Waals surface area contributed by atoms with Crippen molar-refractivity contribution in [3.63, 3.8) is 0 Å². The summed E-state index contributed by atoms with van der Waals surface area (Å²) in [5, 5.41) is 27.0. The number of aliphatic hydroxyl groups is 1. The van der Waals surface area contributed by atoms with E-state index in [-0.39, 0.29) is 48.1 Å². The molecular weight excluding hydrogens is 472 g/mol. The van der Waals surface area contributed by atoms with Gasteiger partial charge < -0.3 is 14.7 Å². The van der Waals surface area contributed by atoms with Crippen LogP contribution in [0.25, 0.3) is 0 Å². The molecule has 0 radical (unpaired) electrons. The van der Waals surface area contributed by atoms with Crippen molar-refractivity contribution >= 4 is 15.9 Å². The Morgan fingerprint density at radius 3 is 2.89 bits per heavy atom. The number of carbonyl (C=O) groups excluding carboxylic acids is 1. The van der Waals surface area contributed by atoms with E-state index in [1.54, 1.807) is 28.8 Å². The molecule has 0 saturated heterocycles. The van der Waals surface area contributed by atoms with Crippen molar-refractivity contribution in [3.05, 3.63) is 41.7 Å². The quantitative estimate of drug-likeness (QED) is 0.614. The molecule has 1 amide bonds. The van der Waals surface area contributed by atoms with Gasteiger partial charge in [0.05, 0.1) is 48.1 Å². The number of nitrogens with zero attached hydrogens (tertiary/aromatic N) is 6. The Morgan fingerprint density at radius 2 is 2.17 bits per heavy atom. The summed E-state index contributed by atoms with van der Waals surface area (Å²) in [4.78, 5) is 14.6. The fourth-order valence-electron chi connectivity index (χ4n) is 3.95. The molecule has 12 heteroatoms. The van der Waals surface area contributed by atoms with Crippen LogP contribution in [0.4, 0.5) is 0 Å². The Labute approximate surface area is 205 Å². The van der Waals surface area contributed by atoms with E-state index in [4.69, 9.17) is 10.00 Å². The fourth-order valence-corrected chi connectivity index (χ4v) is 5.18. The van der Waals surface area contributed by atoms with Gasteiger partial charge >= 0.3 is 0 Å². The van der Waals surface area contributed by atoms with E-state index in [1.807, 2.05) is 13.0 Å². The molecule has 1 aliphatic rings. The zero-order valence-electron chi connectivity index (χ0n) is 20.2. The standard InChI is InChI=1S/C23H32N6O5S/c1-17-12-29(18(2)15-30)23(31)8-5-9-28-13-20(25-26-28)16-34-22(17)14-27(3)35(32,33)21-7-4-6-19(10-21)11-24/h4,6-7,10,13,17-18,22,30H,5,8-9,12,14-16H2,1-3H3/t17-,18-,22+/m0/s1. The number of ether oxygens (including phenoxy) is 1. The molecule has 2 bridgehead atoms. The Morgan fingerprint density at radius 1 is 1.40 bits per heavy atom. The van der Waals surface area contributed by atoms with Crippen LogP contribution in [0.15, 0.2) is 35.4 Å². The molecule has 2 aromatic rings. The zero-order valence-corrected chi connectivity index (χ0v) is 21.1. The van der Waals surface area contributed by atoms with Gasteiger partial charge in [-0.1, -0.05) is 18.2 Å². The minimum Gasteiger partial charge on any atom is -0.394 e. The lowest BCUT2D eigenvalue weighted by atomic mass is 10.0. The highest BCUT2D eigenvalue weighted by molar-refractivity contribution is 7.89. The molecule has 0 fully saturated rings. The molecule has 3 rings (SSSR count). The number of rotatable bonds is 6. The third kappa shape index (κ3) is 6.64. The lowest BCUT2D eigenvalue weighted by Crippen LogP contribution is -2.47. The fraction of sp³-hybridized carbons (Fsp3) is 0.565. The molecule has 1 aromatic heterocycles. The minimum absolute atomic E-state index is 0.0178. The van der Waals surface area contributed by atoms with Crippen molar-refractivity contribution in [2.75, 3.05) is 26.7 Å². The van der Waals surface area contributed by atoms with Crippen molar-refractivity contribution in [1.82, 2.24) is 24.2 Å². The normalized spacial score (nSPS) is 21.0. The number of likely N-dealkylation sites (N-methyl/N-ethyl adjacent to an activating group) is 1. The minimum atomic E-state index is -3.89. The molecule has 11 nitrogen and oxygen atoms in total. The van der Waals surface area contributed by atoms with Crippen LogP contribution in [0.5, 0.6) is 0 Å². The van der Waals surface area contributed by atoms with Gasteiger partial charge in [-0.15, -0.1) is 5.10 Å². The molecule has 0 spiro atoms. The number of aliphatic hydroxyl groups excluding tert-OH is 1. The molecule has 1 aromatic carbocycles. The van der Waals surface area contributed by atoms with Crippen LogP contribution in [0.2, 0.25) is 0 Å². The third-order valence-corrected chi connectivity index (χ3v) is 7.97. The van der Waals surface area contributed by atoms with E-state index in [1.165, 1.54) is 29.6 Å². The Kier molecular flexibility index (Phi) is 8.96. The number of hydrogen-bond donors (Lipinski definition) is 1. The largest absolute Gasteiger partial charge is 0.394 e.